The second kappa shape index (κ2) is 8.16. The third-order valence-corrected chi connectivity index (χ3v) is 5.12. The van der Waals surface area contributed by atoms with Gasteiger partial charge in [-0.25, -0.2) is 14.4 Å². The van der Waals surface area contributed by atoms with E-state index in [-0.39, 0.29) is 5.92 Å². The van der Waals surface area contributed by atoms with Crippen molar-refractivity contribution < 1.29 is 4.39 Å². The van der Waals surface area contributed by atoms with Gasteiger partial charge in [0.1, 0.15) is 23.3 Å². The van der Waals surface area contributed by atoms with E-state index in [9.17, 15) is 4.39 Å². The molecule has 6 nitrogen and oxygen atoms in total. The molecule has 0 saturated heterocycles. The number of thioether (sulfide) groups is 1. The minimum absolute atomic E-state index is 0.208. The van der Waals surface area contributed by atoms with Crippen molar-refractivity contribution in [1.29, 1.82) is 0 Å². The monoisotopic (exact) mass is 408 g/mol. The predicted molar refractivity (Wildman–Crippen MR) is 115 cm³/mol. The van der Waals surface area contributed by atoms with Gasteiger partial charge in [0.15, 0.2) is 5.65 Å². The highest BCUT2D eigenvalue weighted by Gasteiger charge is 2.13. The molecule has 0 saturated carbocycles. The van der Waals surface area contributed by atoms with Gasteiger partial charge in [-0.2, -0.15) is 11.8 Å². The molecule has 4 heterocycles. The van der Waals surface area contributed by atoms with Crippen LogP contribution in [-0.2, 0) is 5.75 Å². The summed E-state index contributed by atoms with van der Waals surface area (Å²) >= 11 is 1.74. The molecule has 0 radical (unpaired) electrons. The van der Waals surface area contributed by atoms with Crippen LogP contribution in [0.1, 0.15) is 31.2 Å². The second-order valence-corrected chi connectivity index (χ2v) is 7.88. The van der Waals surface area contributed by atoms with Crippen LogP contribution in [0.4, 0.5) is 16.0 Å². The number of nitrogens with zero attached hydrogens (tertiary/aromatic N) is 5. The van der Waals surface area contributed by atoms with Gasteiger partial charge < -0.3 is 5.32 Å². The lowest BCUT2D eigenvalue weighted by Crippen LogP contribution is -2.00. The van der Waals surface area contributed by atoms with Crippen molar-refractivity contribution >= 4 is 29.0 Å². The summed E-state index contributed by atoms with van der Waals surface area (Å²) in [4.78, 5) is 8.50. The third kappa shape index (κ3) is 4.07. The summed E-state index contributed by atoms with van der Waals surface area (Å²) in [6.07, 6.45) is 6.90. The van der Waals surface area contributed by atoms with Gasteiger partial charge in [-0.15, -0.1) is 10.2 Å². The van der Waals surface area contributed by atoms with E-state index in [2.05, 4.69) is 45.6 Å². The molecule has 29 heavy (non-hydrogen) atoms. The van der Waals surface area contributed by atoms with Crippen LogP contribution in [0.2, 0.25) is 0 Å². The van der Waals surface area contributed by atoms with E-state index in [0.29, 0.717) is 17.2 Å². The smallest absolute Gasteiger partial charge is 0.160 e. The van der Waals surface area contributed by atoms with Gasteiger partial charge in [-0.05, 0) is 42.2 Å². The lowest BCUT2D eigenvalue weighted by molar-refractivity contribution is 0.625. The first kappa shape index (κ1) is 19.3. The zero-order valence-electron chi connectivity index (χ0n) is 16.4. The van der Waals surface area contributed by atoms with E-state index in [1.54, 1.807) is 24.0 Å². The molecule has 0 aliphatic rings. The number of fused-ring (bicyclic) bond motifs is 1. The summed E-state index contributed by atoms with van der Waals surface area (Å²) < 4.78 is 16.5. The zero-order chi connectivity index (χ0) is 20.4. The van der Waals surface area contributed by atoms with Crippen LogP contribution < -0.4 is 5.32 Å². The van der Waals surface area contributed by atoms with Crippen LogP contribution in [0, 0.1) is 5.82 Å². The maximum Gasteiger partial charge on any atom is 0.160 e. The van der Waals surface area contributed by atoms with Gasteiger partial charge in [0, 0.05) is 35.2 Å². The van der Waals surface area contributed by atoms with E-state index >= 15 is 0 Å². The van der Waals surface area contributed by atoms with E-state index in [4.69, 9.17) is 0 Å². The normalized spacial score (nSPS) is 11.3. The molecule has 0 bridgehead atoms. The maximum absolute atomic E-state index is 14.6. The van der Waals surface area contributed by atoms with Gasteiger partial charge >= 0.3 is 0 Å². The van der Waals surface area contributed by atoms with Gasteiger partial charge in [0.25, 0.3) is 0 Å². The van der Waals surface area contributed by atoms with E-state index in [0.717, 1.165) is 28.4 Å². The van der Waals surface area contributed by atoms with Gasteiger partial charge in [0.2, 0.25) is 0 Å². The molecule has 0 spiro atoms. The highest BCUT2D eigenvalue weighted by atomic mass is 32.2. The first-order valence-electron chi connectivity index (χ1n) is 9.26. The lowest BCUT2D eigenvalue weighted by atomic mass is 10.1. The molecule has 8 heteroatoms. The van der Waals surface area contributed by atoms with Crippen LogP contribution in [-0.4, -0.2) is 30.8 Å². The zero-order valence-corrected chi connectivity index (χ0v) is 17.2. The summed E-state index contributed by atoms with van der Waals surface area (Å²) in [5, 5.41) is 11.6. The summed E-state index contributed by atoms with van der Waals surface area (Å²) in [6.45, 7) is 4.10. The van der Waals surface area contributed by atoms with Crippen molar-refractivity contribution in [3.63, 3.8) is 0 Å². The Hall–Kier alpha value is -3.00. The van der Waals surface area contributed by atoms with Crippen LogP contribution in [0.5, 0.6) is 0 Å². The van der Waals surface area contributed by atoms with Crippen LogP contribution >= 0.6 is 11.8 Å². The minimum Gasteiger partial charge on any atom is -0.325 e. The summed E-state index contributed by atoms with van der Waals surface area (Å²) in [6, 6.07) is 9.33. The lowest BCUT2D eigenvalue weighted by Gasteiger charge is -2.10. The Kier molecular flexibility index (Phi) is 5.44. The largest absolute Gasteiger partial charge is 0.325 e. The molecule has 0 atom stereocenters. The second-order valence-electron chi connectivity index (χ2n) is 7.02. The number of hydrogen-bond acceptors (Lipinski definition) is 6. The molecule has 0 fully saturated rings. The molecular weight excluding hydrogens is 387 g/mol. The molecule has 148 valence electrons. The minimum atomic E-state index is -0.391. The van der Waals surface area contributed by atoms with Gasteiger partial charge in [-0.3, -0.25) is 4.40 Å². The standard InChI is InChI=1S/C21H21FN6S/c1-13(2)21-27-26-20-5-4-15(11-28(20)21)16-9-19(24-10-17(16)22)25-18-8-14(12-29-3)6-7-23-18/h4-11,13H,12H2,1-3H3,(H,23,24,25). The number of pyridine rings is 3. The van der Waals surface area contributed by atoms with Crippen LogP contribution in [0.3, 0.4) is 0 Å². The third-order valence-electron chi connectivity index (χ3n) is 4.50. The summed E-state index contributed by atoms with van der Waals surface area (Å²) in [5.74, 6) is 2.76. The fraction of sp³-hybridized carbons (Fsp3) is 0.238. The highest BCUT2D eigenvalue weighted by molar-refractivity contribution is 7.97. The van der Waals surface area contributed by atoms with Crippen molar-refractivity contribution in [2.45, 2.75) is 25.5 Å². The molecule has 4 aromatic heterocycles. The number of rotatable bonds is 6. The molecule has 0 unspecified atom stereocenters. The maximum atomic E-state index is 14.6. The number of anilines is 2. The molecule has 0 aromatic carbocycles. The molecule has 1 N–H and O–H groups in total. The van der Waals surface area contributed by atoms with Crippen LogP contribution in [0.15, 0.2) is 48.9 Å². The van der Waals surface area contributed by atoms with Crippen molar-refractivity contribution in [3.8, 4) is 11.1 Å². The van der Waals surface area contributed by atoms with Gasteiger partial charge in [0.05, 0.1) is 6.20 Å². The Morgan fingerprint density at radius 2 is 1.93 bits per heavy atom. The summed E-state index contributed by atoms with van der Waals surface area (Å²) in [7, 11) is 0. The predicted octanol–water partition coefficient (Wildman–Crippen LogP) is 5.06. The Morgan fingerprint density at radius 3 is 2.72 bits per heavy atom. The van der Waals surface area contributed by atoms with Crippen molar-refractivity contribution in [2.75, 3.05) is 11.6 Å². The molecule has 0 aliphatic heterocycles. The Morgan fingerprint density at radius 1 is 1.10 bits per heavy atom. The molecule has 4 rings (SSSR count). The number of aromatic nitrogens is 5. The molecular formula is C21H21FN6S. The molecule has 0 amide bonds. The fourth-order valence-corrected chi connectivity index (χ4v) is 3.63. The number of nitrogens with one attached hydrogen (secondary N) is 1. The van der Waals surface area contributed by atoms with Crippen molar-refractivity contribution in [2.24, 2.45) is 0 Å². The fourth-order valence-electron chi connectivity index (χ4n) is 3.12. The first-order chi connectivity index (χ1) is 14.0. The SMILES string of the molecule is CSCc1ccnc(Nc2cc(-c3ccc4nnc(C(C)C)n4c3)c(F)cn2)c1. The van der Waals surface area contributed by atoms with Crippen molar-refractivity contribution in [1.82, 2.24) is 24.6 Å². The molecule has 0 aliphatic carbocycles. The summed E-state index contributed by atoms with van der Waals surface area (Å²) in [5.41, 5.74) is 3.08. The average Bonchev–Trinajstić information content (AvgIpc) is 3.13. The first-order valence-corrected chi connectivity index (χ1v) is 10.7. The number of halogens is 1. The quantitative estimate of drug-likeness (QED) is 0.481. The highest BCUT2D eigenvalue weighted by Crippen LogP contribution is 2.27. The number of hydrogen-bond donors (Lipinski definition) is 1. The van der Waals surface area contributed by atoms with Crippen molar-refractivity contribution in [3.05, 3.63) is 66.1 Å². The molecule has 4 aromatic rings. The Labute approximate surface area is 172 Å². The van der Waals surface area contributed by atoms with E-state index in [1.165, 1.54) is 6.20 Å². The van der Waals surface area contributed by atoms with Gasteiger partial charge in [-0.1, -0.05) is 13.8 Å². The van der Waals surface area contributed by atoms with Crippen LogP contribution in [0.25, 0.3) is 16.8 Å². The Balaban J connectivity index is 1.69. The van der Waals surface area contributed by atoms with E-state index < -0.39 is 5.82 Å². The van der Waals surface area contributed by atoms with E-state index in [1.807, 2.05) is 34.9 Å². The Bertz CT molecular complexity index is 1160. The topological polar surface area (TPSA) is 68.0 Å². The average molecular weight is 409 g/mol.